The highest BCUT2D eigenvalue weighted by Crippen LogP contribution is 2.29. The minimum atomic E-state index is 0.0692. The molecule has 0 aliphatic carbocycles. The van der Waals surface area contributed by atoms with Gasteiger partial charge in [-0.05, 0) is 29.7 Å². The Balaban J connectivity index is 1.94. The van der Waals surface area contributed by atoms with Crippen molar-refractivity contribution in [2.45, 2.75) is 26.4 Å². The zero-order valence-electron chi connectivity index (χ0n) is 13.7. The maximum Gasteiger partial charge on any atom is 0.219 e. The highest BCUT2D eigenvalue weighted by atomic mass is 16.5. The van der Waals surface area contributed by atoms with Crippen molar-refractivity contribution in [1.29, 1.82) is 0 Å². The van der Waals surface area contributed by atoms with Crippen LogP contribution in [0.3, 0.4) is 0 Å². The number of ether oxygens (including phenoxy) is 2. The SMILES string of the molecule is CCC(=O)NCCc1ccc(OCc2ccccc2)c(OC)c1. The van der Waals surface area contributed by atoms with Gasteiger partial charge in [0.15, 0.2) is 11.5 Å². The standard InChI is InChI=1S/C19H23NO3/c1-3-19(21)20-12-11-15-9-10-17(18(13-15)22-2)23-14-16-7-5-4-6-8-16/h4-10,13H,3,11-12,14H2,1-2H3,(H,20,21). The number of benzene rings is 2. The molecule has 0 saturated heterocycles. The maximum absolute atomic E-state index is 11.2. The predicted molar refractivity (Wildman–Crippen MR) is 90.8 cm³/mol. The van der Waals surface area contributed by atoms with Crippen LogP contribution in [0.2, 0.25) is 0 Å². The molecule has 2 aromatic rings. The van der Waals surface area contributed by atoms with Crippen molar-refractivity contribution in [3.8, 4) is 11.5 Å². The molecule has 1 amide bonds. The van der Waals surface area contributed by atoms with E-state index >= 15 is 0 Å². The zero-order chi connectivity index (χ0) is 16.5. The number of amides is 1. The van der Waals surface area contributed by atoms with Gasteiger partial charge < -0.3 is 14.8 Å². The van der Waals surface area contributed by atoms with Crippen LogP contribution in [0.4, 0.5) is 0 Å². The smallest absolute Gasteiger partial charge is 0.219 e. The van der Waals surface area contributed by atoms with Gasteiger partial charge >= 0.3 is 0 Å². The van der Waals surface area contributed by atoms with Crippen molar-refractivity contribution in [2.24, 2.45) is 0 Å². The van der Waals surface area contributed by atoms with Crippen LogP contribution in [-0.2, 0) is 17.8 Å². The van der Waals surface area contributed by atoms with Crippen LogP contribution >= 0.6 is 0 Å². The summed E-state index contributed by atoms with van der Waals surface area (Å²) in [5.74, 6) is 1.50. The first-order chi connectivity index (χ1) is 11.2. The highest BCUT2D eigenvalue weighted by molar-refractivity contribution is 5.75. The van der Waals surface area contributed by atoms with E-state index < -0.39 is 0 Å². The maximum atomic E-state index is 11.2. The van der Waals surface area contributed by atoms with Gasteiger partial charge in [0.05, 0.1) is 7.11 Å². The monoisotopic (exact) mass is 313 g/mol. The minimum Gasteiger partial charge on any atom is -0.493 e. The molecule has 0 unspecified atom stereocenters. The van der Waals surface area contributed by atoms with Crippen molar-refractivity contribution in [3.63, 3.8) is 0 Å². The molecule has 4 heteroatoms. The van der Waals surface area contributed by atoms with Crippen molar-refractivity contribution < 1.29 is 14.3 Å². The van der Waals surface area contributed by atoms with E-state index in [4.69, 9.17) is 9.47 Å². The summed E-state index contributed by atoms with van der Waals surface area (Å²) in [6.45, 7) is 2.97. The van der Waals surface area contributed by atoms with Gasteiger partial charge in [0, 0.05) is 13.0 Å². The molecule has 2 rings (SSSR count). The fraction of sp³-hybridized carbons (Fsp3) is 0.316. The normalized spacial score (nSPS) is 10.2. The molecule has 0 heterocycles. The van der Waals surface area contributed by atoms with Gasteiger partial charge in [0.25, 0.3) is 0 Å². The zero-order valence-corrected chi connectivity index (χ0v) is 13.7. The summed E-state index contributed by atoms with van der Waals surface area (Å²) in [6, 6.07) is 15.9. The Bertz CT molecular complexity index is 626. The van der Waals surface area contributed by atoms with Crippen molar-refractivity contribution >= 4 is 5.91 Å². The van der Waals surface area contributed by atoms with Gasteiger partial charge in [-0.2, -0.15) is 0 Å². The van der Waals surface area contributed by atoms with Crippen LogP contribution in [0.15, 0.2) is 48.5 Å². The van der Waals surface area contributed by atoms with E-state index in [1.165, 1.54) is 0 Å². The third-order valence-electron chi connectivity index (χ3n) is 3.52. The second kappa shape index (κ2) is 8.83. The molecule has 0 fully saturated rings. The van der Waals surface area contributed by atoms with Gasteiger partial charge in [0.2, 0.25) is 5.91 Å². The van der Waals surface area contributed by atoms with Crippen LogP contribution in [0.1, 0.15) is 24.5 Å². The quantitative estimate of drug-likeness (QED) is 0.813. The Morgan fingerprint density at radius 3 is 2.52 bits per heavy atom. The Kier molecular flexibility index (Phi) is 6.48. The van der Waals surface area contributed by atoms with Crippen LogP contribution in [0, 0.1) is 0 Å². The van der Waals surface area contributed by atoms with E-state index in [0.717, 1.165) is 23.3 Å². The molecule has 0 bridgehead atoms. The second-order valence-electron chi connectivity index (χ2n) is 5.21. The number of carbonyl (C=O) groups is 1. The summed E-state index contributed by atoms with van der Waals surface area (Å²) in [6.07, 6.45) is 1.27. The van der Waals surface area contributed by atoms with Crippen molar-refractivity contribution in [2.75, 3.05) is 13.7 Å². The van der Waals surface area contributed by atoms with E-state index in [2.05, 4.69) is 5.32 Å². The lowest BCUT2D eigenvalue weighted by molar-refractivity contribution is -0.120. The molecule has 0 spiro atoms. The predicted octanol–water partition coefficient (Wildman–Crippen LogP) is 3.34. The molecule has 1 N–H and O–H groups in total. The lowest BCUT2D eigenvalue weighted by atomic mass is 10.1. The molecular formula is C19H23NO3. The summed E-state index contributed by atoms with van der Waals surface area (Å²) in [7, 11) is 1.63. The first kappa shape index (κ1) is 16.9. The van der Waals surface area contributed by atoms with Gasteiger partial charge in [-0.1, -0.05) is 43.3 Å². The van der Waals surface area contributed by atoms with E-state index in [1.54, 1.807) is 7.11 Å². The topological polar surface area (TPSA) is 47.6 Å². The number of rotatable bonds is 8. The molecule has 0 radical (unpaired) electrons. The van der Waals surface area contributed by atoms with Crippen molar-refractivity contribution in [1.82, 2.24) is 5.32 Å². The molecule has 122 valence electrons. The molecule has 0 saturated carbocycles. The van der Waals surface area contributed by atoms with Crippen LogP contribution in [0.25, 0.3) is 0 Å². The van der Waals surface area contributed by atoms with E-state index in [1.807, 2.05) is 55.5 Å². The highest BCUT2D eigenvalue weighted by Gasteiger charge is 2.07. The van der Waals surface area contributed by atoms with E-state index in [9.17, 15) is 4.79 Å². The summed E-state index contributed by atoms with van der Waals surface area (Å²) in [5.41, 5.74) is 2.21. The molecule has 0 atom stereocenters. The lowest BCUT2D eigenvalue weighted by Gasteiger charge is -2.12. The van der Waals surface area contributed by atoms with E-state index in [-0.39, 0.29) is 5.91 Å². The largest absolute Gasteiger partial charge is 0.493 e. The first-order valence-electron chi connectivity index (χ1n) is 7.83. The van der Waals surface area contributed by atoms with Crippen LogP contribution < -0.4 is 14.8 Å². The van der Waals surface area contributed by atoms with E-state index in [0.29, 0.717) is 25.3 Å². The average molecular weight is 313 g/mol. The molecule has 0 aliphatic rings. The Labute approximate surface area is 137 Å². The number of carbonyl (C=O) groups excluding carboxylic acids is 1. The summed E-state index contributed by atoms with van der Waals surface area (Å²) < 4.78 is 11.2. The molecule has 0 aliphatic heterocycles. The summed E-state index contributed by atoms with van der Waals surface area (Å²) in [5, 5.41) is 2.87. The molecule has 23 heavy (non-hydrogen) atoms. The summed E-state index contributed by atoms with van der Waals surface area (Å²) >= 11 is 0. The molecule has 0 aromatic heterocycles. The van der Waals surface area contributed by atoms with Crippen LogP contribution in [0.5, 0.6) is 11.5 Å². The third-order valence-corrected chi connectivity index (χ3v) is 3.52. The van der Waals surface area contributed by atoms with Gasteiger partial charge in [-0.3, -0.25) is 4.79 Å². The molecule has 4 nitrogen and oxygen atoms in total. The van der Waals surface area contributed by atoms with Gasteiger partial charge in [0.1, 0.15) is 6.61 Å². The van der Waals surface area contributed by atoms with Crippen LogP contribution in [-0.4, -0.2) is 19.6 Å². The summed E-state index contributed by atoms with van der Waals surface area (Å²) in [4.78, 5) is 11.2. The van der Waals surface area contributed by atoms with Gasteiger partial charge in [-0.25, -0.2) is 0 Å². The number of hydrogen-bond acceptors (Lipinski definition) is 3. The fourth-order valence-corrected chi connectivity index (χ4v) is 2.19. The Morgan fingerprint density at radius 2 is 1.83 bits per heavy atom. The number of methoxy groups -OCH3 is 1. The molecular weight excluding hydrogens is 290 g/mol. The van der Waals surface area contributed by atoms with Gasteiger partial charge in [-0.15, -0.1) is 0 Å². The number of hydrogen-bond donors (Lipinski definition) is 1. The second-order valence-corrected chi connectivity index (χ2v) is 5.21. The van der Waals surface area contributed by atoms with Crippen molar-refractivity contribution in [3.05, 3.63) is 59.7 Å². The third kappa shape index (κ3) is 5.33. The molecule has 2 aromatic carbocycles. The first-order valence-corrected chi connectivity index (χ1v) is 7.83. The number of nitrogens with one attached hydrogen (secondary N) is 1. The average Bonchev–Trinajstić information content (AvgIpc) is 2.61. The fourth-order valence-electron chi connectivity index (χ4n) is 2.19. The lowest BCUT2D eigenvalue weighted by Crippen LogP contribution is -2.24. The minimum absolute atomic E-state index is 0.0692. The Morgan fingerprint density at radius 1 is 1.04 bits per heavy atom. The Hall–Kier alpha value is -2.49.